The molecule has 0 aliphatic rings. The lowest BCUT2D eigenvalue weighted by molar-refractivity contribution is 0.255. The van der Waals surface area contributed by atoms with Gasteiger partial charge in [-0.05, 0) is 18.7 Å². The summed E-state index contributed by atoms with van der Waals surface area (Å²) in [5.74, 6) is 0.681. The van der Waals surface area contributed by atoms with Gasteiger partial charge < -0.3 is 10.1 Å². The van der Waals surface area contributed by atoms with Gasteiger partial charge in [-0.3, -0.25) is 0 Å². The smallest absolute Gasteiger partial charge is 0.128 e. The summed E-state index contributed by atoms with van der Waals surface area (Å²) in [5.41, 5.74) is 0. The summed E-state index contributed by atoms with van der Waals surface area (Å²) >= 11 is 3.23. The fourth-order valence-corrected chi connectivity index (χ4v) is 1.74. The summed E-state index contributed by atoms with van der Waals surface area (Å²) in [7, 11) is 0. The second-order valence-electron chi connectivity index (χ2n) is 3.83. The maximum Gasteiger partial charge on any atom is 0.128 e. The van der Waals surface area contributed by atoms with Gasteiger partial charge in [-0.15, -0.1) is 0 Å². The van der Waals surface area contributed by atoms with Crippen LogP contribution in [0, 0.1) is 11.7 Å². The Morgan fingerprint density at radius 2 is 2.19 bits per heavy atom. The zero-order chi connectivity index (χ0) is 12.0. The van der Waals surface area contributed by atoms with E-state index < -0.39 is 0 Å². The molecule has 4 heteroatoms. The molecule has 1 aromatic rings. The number of ether oxygens (including phenoxy) is 1. The fourth-order valence-electron chi connectivity index (χ4n) is 1.30. The molecule has 0 bridgehead atoms. The van der Waals surface area contributed by atoms with Crippen LogP contribution in [-0.4, -0.2) is 19.7 Å². The van der Waals surface area contributed by atoms with Crippen molar-refractivity contribution >= 4 is 15.9 Å². The first-order valence-corrected chi connectivity index (χ1v) is 6.20. The second-order valence-corrected chi connectivity index (χ2v) is 4.74. The number of benzene rings is 1. The van der Waals surface area contributed by atoms with Gasteiger partial charge in [0.15, 0.2) is 0 Å². The Labute approximate surface area is 104 Å². The topological polar surface area (TPSA) is 21.3 Å². The van der Waals surface area contributed by atoms with Crippen LogP contribution in [0.3, 0.4) is 0 Å². The van der Waals surface area contributed by atoms with E-state index in [-0.39, 0.29) is 5.82 Å². The number of nitrogens with one attached hydrogen (secondary N) is 1. The van der Waals surface area contributed by atoms with Gasteiger partial charge in [0.05, 0.1) is 6.61 Å². The summed E-state index contributed by atoms with van der Waals surface area (Å²) in [4.78, 5) is 0. The lowest BCUT2D eigenvalue weighted by Crippen LogP contribution is -2.24. The summed E-state index contributed by atoms with van der Waals surface area (Å²) in [6.07, 6.45) is 0. The second kappa shape index (κ2) is 6.86. The van der Waals surface area contributed by atoms with Crippen LogP contribution in [0.2, 0.25) is 0 Å². The van der Waals surface area contributed by atoms with E-state index in [0.29, 0.717) is 22.7 Å². The van der Waals surface area contributed by atoms with E-state index in [1.165, 1.54) is 12.1 Å². The minimum atomic E-state index is -0.288. The molecule has 1 N–H and O–H groups in total. The first-order chi connectivity index (χ1) is 7.61. The summed E-state index contributed by atoms with van der Waals surface area (Å²) in [6, 6.07) is 4.57. The van der Waals surface area contributed by atoms with Crippen LogP contribution >= 0.6 is 15.9 Å². The molecule has 1 rings (SSSR count). The largest absolute Gasteiger partial charge is 0.493 e. The van der Waals surface area contributed by atoms with E-state index in [9.17, 15) is 4.39 Å². The maximum atomic E-state index is 13.0. The molecule has 16 heavy (non-hydrogen) atoms. The third-order valence-electron chi connectivity index (χ3n) is 2.11. The van der Waals surface area contributed by atoms with Crippen molar-refractivity contribution in [2.45, 2.75) is 13.8 Å². The van der Waals surface area contributed by atoms with Crippen molar-refractivity contribution in [2.24, 2.45) is 5.92 Å². The third kappa shape index (κ3) is 4.94. The summed E-state index contributed by atoms with van der Waals surface area (Å²) in [5, 5.41) is 3.24. The van der Waals surface area contributed by atoms with Crippen LogP contribution in [0.4, 0.5) is 4.39 Å². The Balaban J connectivity index is 2.41. The van der Waals surface area contributed by atoms with Crippen molar-refractivity contribution in [2.75, 3.05) is 19.7 Å². The van der Waals surface area contributed by atoms with Crippen LogP contribution in [0.25, 0.3) is 0 Å². The lowest BCUT2D eigenvalue weighted by Gasteiger charge is -2.13. The van der Waals surface area contributed by atoms with E-state index in [1.807, 2.05) is 0 Å². The van der Waals surface area contributed by atoms with E-state index >= 15 is 0 Å². The summed E-state index contributed by atoms with van der Waals surface area (Å²) < 4.78 is 19.2. The van der Waals surface area contributed by atoms with Gasteiger partial charge in [-0.25, -0.2) is 4.39 Å². The third-order valence-corrected chi connectivity index (χ3v) is 2.57. The molecule has 2 nitrogen and oxygen atoms in total. The molecule has 90 valence electrons. The molecule has 1 unspecified atom stereocenters. The van der Waals surface area contributed by atoms with Crippen LogP contribution < -0.4 is 10.1 Å². The monoisotopic (exact) mass is 289 g/mol. The predicted octanol–water partition coefficient (Wildman–Crippen LogP) is 3.21. The van der Waals surface area contributed by atoms with Crippen LogP contribution in [0.5, 0.6) is 5.75 Å². The molecule has 0 spiro atoms. The van der Waals surface area contributed by atoms with Crippen LogP contribution in [-0.2, 0) is 0 Å². The standard InChI is InChI=1S/C12H17BrFNO/c1-3-15-7-9(2)8-16-12-5-10(13)4-11(14)6-12/h4-6,9,15H,3,7-8H2,1-2H3. The lowest BCUT2D eigenvalue weighted by atomic mass is 10.2. The molecule has 0 heterocycles. The molecule has 0 amide bonds. The summed E-state index contributed by atoms with van der Waals surface area (Å²) in [6.45, 7) is 6.61. The number of halogens is 2. The van der Waals surface area contributed by atoms with Crippen molar-refractivity contribution in [3.05, 3.63) is 28.5 Å². The highest BCUT2D eigenvalue weighted by atomic mass is 79.9. The molecule has 1 aromatic carbocycles. The normalized spacial score (nSPS) is 12.5. The van der Waals surface area contributed by atoms with E-state index in [0.717, 1.165) is 13.1 Å². The molecular formula is C12H17BrFNO. The molecule has 0 fully saturated rings. The van der Waals surface area contributed by atoms with Crippen molar-refractivity contribution in [1.82, 2.24) is 5.32 Å². The predicted molar refractivity (Wildman–Crippen MR) is 67.3 cm³/mol. The van der Waals surface area contributed by atoms with Gasteiger partial charge in [-0.2, -0.15) is 0 Å². The molecule has 0 saturated heterocycles. The van der Waals surface area contributed by atoms with Crippen LogP contribution in [0.15, 0.2) is 22.7 Å². The minimum absolute atomic E-state index is 0.288. The minimum Gasteiger partial charge on any atom is -0.493 e. The zero-order valence-corrected chi connectivity index (χ0v) is 11.2. The van der Waals surface area contributed by atoms with E-state index in [1.54, 1.807) is 6.07 Å². The van der Waals surface area contributed by atoms with Crippen molar-refractivity contribution in [3.8, 4) is 5.75 Å². The van der Waals surface area contributed by atoms with Gasteiger partial charge in [0.2, 0.25) is 0 Å². The van der Waals surface area contributed by atoms with Gasteiger partial charge in [0.1, 0.15) is 11.6 Å². The highest BCUT2D eigenvalue weighted by Crippen LogP contribution is 2.20. The first kappa shape index (κ1) is 13.5. The molecule has 0 radical (unpaired) electrons. The average Bonchev–Trinajstić information content (AvgIpc) is 2.22. The Bertz CT molecular complexity index is 313. The number of rotatable bonds is 6. The van der Waals surface area contributed by atoms with Crippen molar-refractivity contribution in [3.63, 3.8) is 0 Å². The molecule has 0 aliphatic carbocycles. The van der Waals surface area contributed by atoms with Gasteiger partial charge in [-0.1, -0.05) is 29.8 Å². The Kier molecular flexibility index (Phi) is 5.77. The molecule has 0 aromatic heterocycles. The molecule has 0 aliphatic heterocycles. The Morgan fingerprint density at radius 1 is 1.44 bits per heavy atom. The first-order valence-electron chi connectivity index (χ1n) is 5.41. The average molecular weight is 290 g/mol. The number of hydrogen-bond donors (Lipinski definition) is 1. The zero-order valence-electron chi connectivity index (χ0n) is 9.59. The van der Waals surface area contributed by atoms with Crippen molar-refractivity contribution in [1.29, 1.82) is 0 Å². The van der Waals surface area contributed by atoms with E-state index in [4.69, 9.17) is 4.74 Å². The fraction of sp³-hybridized carbons (Fsp3) is 0.500. The maximum absolute atomic E-state index is 13.0. The van der Waals surface area contributed by atoms with Gasteiger partial charge >= 0.3 is 0 Å². The van der Waals surface area contributed by atoms with Gasteiger partial charge in [0.25, 0.3) is 0 Å². The van der Waals surface area contributed by atoms with Crippen LogP contribution in [0.1, 0.15) is 13.8 Å². The Hall–Kier alpha value is -0.610. The van der Waals surface area contributed by atoms with Crippen molar-refractivity contribution < 1.29 is 9.13 Å². The molecule has 0 saturated carbocycles. The number of hydrogen-bond acceptors (Lipinski definition) is 2. The Morgan fingerprint density at radius 3 is 2.81 bits per heavy atom. The SMILES string of the molecule is CCNCC(C)COc1cc(F)cc(Br)c1. The highest BCUT2D eigenvalue weighted by Gasteiger charge is 2.04. The molecular weight excluding hydrogens is 273 g/mol. The quantitative estimate of drug-likeness (QED) is 0.868. The van der Waals surface area contributed by atoms with E-state index in [2.05, 4.69) is 35.1 Å². The van der Waals surface area contributed by atoms with Gasteiger partial charge in [0, 0.05) is 23.0 Å². The highest BCUT2D eigenvalue weighted by molar-refractivity contribution is 9.10. The molecule has 1 atom stereocenters.